The van der Waals surface area contributed by atoms with Gasteiger partial charge in [-0.15, -0.1) is 0 Å². The van der Waals surface area contributed by atoms with Crippen LogP contribution in [0.25, 0.3) is 0 Å². The number of carbonyl (C=O) groups excluding carboxylic acids is 3. The van der Waals surface area contributed by atoms with Crippen molar-refractivity contribution in [2.45, 2.75) is 239 Å². The van der Waals surface area contributed by atoms with E-state index in [1.165, 1.54) is 89.9 Å². The molecule has 0 heterocycles. The van der Waals surface area contributed by atoms with E-state index in [1.807, 2.05) is 6.08 Å². The van der Waals surface area contributed by atoms with E-state index >= 15 is 0 Å². The zero-order valence-electron chi connectivity index (χ0n) is 42.7. The lowest BCUT2D eigenvalue weighted by Gasteiger charge is -2.18. The minimum absolute atomic E-state index is 0.128. The molecule has 6 heteroatoms. The molecule has 374 valence electrons. The van der Waals surface area contributed by atoms with Gasteiger partial charge >= 0.3 is 17.9 Å². The van der Waals surface area contributed by atoms with Crippen LogP contribution in [0.3, 0.4) is 0 Å². The minimum atomic E-state index is -0.838. The fourth-order valence-electron chi connectivity index (χ4n) is 6.99. The number of ether oxygens (including phenoxy) is 3. The van der Waals surface area contributed by atoms with Gasteiger partial charge in [0.15, 0.2) is 6.10 Å². The highest BCUT2D eigenvalue weighted by Gasteiger charge is 2.19. The predicted molar refractivity (Wildman–Crippen MR) is 283 cm³/mol. The maximum absolute atomic E-state index is 12.8. The van der Waals surface area contributed by atoms with Crippen LogP contribution < -0.4 is 0 Å². The van der Waals surface area contributed by atoms with Gasteiger partial charge in [-0.1, -0.05) is 220 Å². The summed E-state index contributed by atoms with van der Waals surface area (Å²) in [5, 5.41) is 0. The summed E-state index contributed by atoms with van der Waals surface area (Å²) in [4.78, 5) is 38.0. The predicted octanol–water partition coefficient (Wildman–Crippen LogP) is 17.9. The Kier molecular flexibility index (Phi) is 50.5. The second-order valence-electron chi connectivity index (χ2n) is 17.4. The summed E-state index contributed by atoms with van der Waals surface area (Å²) in [5.41, 5.74) is 0. The summed E-state index contributed by atoms with van der Waals surface area (Å²) >= 11 is 0. The fourth-order valence-corrected chi connectivity index (χ4v) is 6.99. The van der Waals surface area contributed by atoms with Crippen LogP contribution in [0.4, 0.5) is 0 Å². The first-order valence-corrected chi connectivity index (χ1v) is 26.9. The van der Waals surface area contributed by atoms with Crippen molar-refractivity contribution in [2.75, 3.05) is 13.2 Å². The summed E-state index contributed by atoms with van der Waals surface area (Å²) in [7, 11) is 0. The molecule has 0 N–H and O–H groups in total. The fraction of sp³-hybridized carbons (Fsp3) is 0.650. The average molecular weight is 915 g/mol. The van der Waals surface area contributed by atoms with Crippen molar-refractivity contribution in [3.8, 4) is 0 Å². The Labute approximate surface area is 406 Å². The lowest BCUT2D eigenvalue weighted by Crippen LogP contribution is -2.30. The first kappa shape index (κ1) is 62.1. The second-order valence-corrected chi connectivity index (χ2v) is 17.4. The van der Waals surface area contributed by atoms with E-state index < -0.39 is 6.10 Å². The molecule has 0 aliphatic rings. The highest BCUT2D eigenvalue weighted by Crippen LogP contribution is 2.12. The van der Waals surface area contributed by atoms with Crippen molar-refractivity contribution in [3.05, 3.63) is 109 Å². The molecule has 1 atom stereocenters. The molecule has 6 nitrogen and oxygen atoms in total. The van der Waals surface area contributed by atoms with Gasteiger partial charge < -0.3 is 14.2 Å². The summed E-state index contributed by atoms with van der Waals surface area (Å²) in [6.07, 6.45) is 72.4. The summed E-state index contributed by atoms with van der Waals surface area (Å²) < 4.78 is 16.7. The number of allylic oxidation sites excluding steroid dienone is 18. The molecule has 0 bridgehead atoms. The van der Waals surface area contributed by atoms with Crippen LogP contribution in [0, 0.1) is 0 Å². The van der Waals surface area contributed by atoms with Crippen LogP contribution in [0.5, 0.6) is 0 Å². The van der Waals surface area contributed by atoms with E-state index in [0.717, 1.165) is 89.9 Å². The number of esters is 3. The Hall–Kier alpha value is -3.93. The summed E-state index contributed by atoms with van der Waals surface area (Å²) in [5.74, 6) is -1.07. The van der Waals surface area contributed by atoms with Gasteiger partial charge in [0.25, 0.3) is 0 Å². The van der Waals surface area contributed by atoms with Crippen LogP contribution in [0.2, 0.25) is 0 Å². The van der Waals surface area contributed by atoms with Crippen LogP contribution in [-0.4, -0.2) is 37.2 Å². The van der Waals surface area contributed by atoms with Crippen molar-refractivity contribution in [3.63, 3.8) is 0 Å². The van der Waals surface area contributed by atoms with Gasteiger partial charge in [-0.25, -0.2) is 0 Å². The van der Waals surface area contributed by atoms with E-state index in [2.05, 4.69) is 124 Å². The van der Waals surface area contributed by atoms with Gasteiger partial charge in [0.1, 0.15) is 13.2 Å². The molecule has 66 heavy (non-hydrogen) atoms. The van der Waals surface area contributed by atoms with Crippen molar-refractivity contribution in [1.29, 1.82) is 0 Å². The minimum Gasteiger partial charge on any atom is -0.462 e. The second kappa shape index (κ2) is 53.7. The Morgan fingerprint density at radius 2 is 0.682 bits per heavy atom. The van der Waals surface area contributed by atoms with Gasteiger partial charge in [0.05, 0.1) is 0 Å². The molecule has 0 rings (SSSR count). The van der Waals surface area contributed by atoms with E-state index in [9.17, 15) is 14.4 Å². The molecule has 0 aromatic heterocycles. The SMILES string of the molecule is CC/C=C\C/C=C\C/C=C\C/C=C\C/C=C\CCCC(=O)OC(COC(=O)CC/C=C\C/C=C\CCCCCCCC)COC(=O)CCCCCCC/C=C\C=C/CCCCCCCCC. The third kappa shape index (κ3) is 51.1. The third-order valence-corrected chi connectivity index (χ3v) is 11.0. The van der Waals surface area contributed by atoms with Gasteiger partial charge in [-0.05, 0) is 103 Å². The molecule has 0 saturated carbocycles. The molecule has 0 radical (unpaired) electrons. The largest absolute Gasteiger partial charge is 0.462 e. The Morgan fingerprint density at radius 1 is 0.333 bits per heavy atom. The zero-order chi connectivity index (χ0) is 47.9. The molecule has 0 amide bonds. The number of carbonyl (C=O) groups is 3. The lowest BCUT2D eigenvalue weighted by molar-refractivity contribution is -0.166. The lowest BCUT2D eigenvalue weighted by atomic mass is 10.1. The molecule has 1 unspecified atom stereocenters. The molecular weight excluding hydrogens is 817 g/mol. The average Bonchev–Trinajstić information content (AvgIpc) is 3.31. The van der Waals surface area contributed by atoms with E-state index in [-0.39, 0.29) is 44.0 Å². The number of hydrogen-bond donors (Lipinski definition) is 0. The van der Waals surface area contributed by atoms with Gasteiger partial charge in [0.2, 0.25) is 0 Å². The molecule has 0 aromatic carbocycles. The number of rotatable bonds is 47. The van der Waals surface area contributed by atoms with E-state index in [0.29, 0.717) is 19.3 Å². The van der Waals surface area contributed by atoms with Crippen molar-refractivity contribution in [1.82, 2.24) is 0 Å². The molecular formula is C60H98O6. The van der Waals surface area contributed by atoms with Gasteiger partial charge in [0, 0.05) is 19.3 Å². The molecule has 0 spiro atoms. The van der Waals surface area contributed by atoms with Crippen LogP contribution in [-0.2, 0) is 28.6 Å². The van der Waals surface area contributed by atoms with E-state index in [1.54, 1.807) is 0 Å². The highest BCUT2D eigenvalue weighted by atomic mass is 16.6. The van der Waals surface area contributed by atoms with E-state index in [4.69, 9.17) is 14.2 Å². The number of hydrogen-bond acceptors (Lipinski definition) is 6. The van der Waals surface area contributed by atoms with Crippen LogP contribution >= 0.6 is 0 Å². The maximum Gasteiger partial charge on any atom is 0.306 e. The van der Waals surface area contributed by atoms with Crippen molar-refractivity contribution < 1.29 is 28.6 Å². The number of unbranched alkanes of at least 4 members (excludes halogenated alkanes) is 19. The summed E-state index contributed by atoms with van der Waals surface area (Å²) in [6.45, 7) is 6.39. The Balaban J connectivity index is 4.57. The van der Waals surface area contributed by atoms with Gasteiger partial charge in [-0.3, -0.25) is 14.4 Å². The third-order valence-electron chi connectivity index (χ3n) is 11.0. The standard InChI is InChI=1S/C60H98O6/c1-4-7-10-13-16-19-22-25-27-29-31-32-35-38-41-44-47-50-53-59(62)65-56-57(55-64-58(61)52-49-46-43-40-37-34-24-21-18-15-12-9-6-3)66-60(63)54-51-48-45-42-39-36-33-30-28-26-23-20-17-14-11-8-5-2/h8,11,17,20,26-29,31-34,36-37,42-43,45-46,57H,4-7,9-10,12-16,18-19,21-25,30,35,38-41,44,47-56H2,1-3H3/b11-8-,20-17-,28-26-,29-27-,32-31-,36-33-,37-34-,45-42-,46-43-. The highest BCUT2D eigenvalue weighted by molar-refractivity contribution is 5.71. The molecule has 0 aromatic rings. The smallest absolute Gasteiger partial charge is 0.306 e. The summed E-state index contributed by atoms with van der Waals surface area (Å²) in [6, 6.07) is 0. The van der Waals surface area contributed by atoms with Crippen LogP contribution in [0.1, 0.15) is 233 Å². The monoisotopic (exact) mass is 915 g/mol. The Bertz CT molecular complexity index is 1370. The Morgan fingerprint density at radius 3 is 1.15 bits per heavy atom. The van der Waals surface area contributed by atoms with Gasteiger partial charge in [-0.2, -0.15) is 0 Å². The first-order valence-electron chi connectivity index (χ1n) is 26.9. The molecule has 0 aliphatic heterocycles. The normalized spacial score (nSPS) is 13.0. The molecule has 0 aliphatic carbocycles. The van der Waals surface area contributed by atoms with Crippen molar-refractivity contribution >= 4 is 17.9 Å². The quantitative estimate of drug-likeness (QED) is 0.0199. The zero-order valence-corrected chi connectivity index (χ0v) is 42.7. The topological polar surface area (TPSA) is 78.9 Å². The van der Waals surface area contributed by atoms with Crippen molar-refractivity contribution in [2.24, 2.45) is 0 Å². The first-order chi connectivity index (χ1) is 32.5. The molecule has 0 fully saturated rings. The van der Waals surface area contributed by atoms with Crippen LogP contribution in [0.15, 0.2) is 109 Å². The molecule has 0 saturated heterocycles. The maximum atomic E-state index is 12.8.